The van der Waals surface area contributed by atoms with Crippen LogP contribution in [0, 0.1) is 6.92 Å². The molecule has 1 saturated heterocycles. The van der Waals surface area contributed by atoms with Gasteiger partial charge in [-0.3, -0.25) is 14.5 Å². The molecule has 27 heavy (non-hydrogen) atoms. The average Bonchev–Trinajstić information content (AvgIpc) is 2.82. The molecule has 8 heteroatoms. The summed E-state index contributed by atoms with van der Waals surface area (Å²) in [6.45, 7) is 3.35. The topological polar surface area (TPSA) is 105 Å². The molecule has 3 rings (SSSR count). The lowest BCUT2D eigenvalue weighted by Crippen LogP contribution is -2.47. The number of carbonyl (C=O) groups is 3. The monoisotopic (exact) mass is 394 g/mol. The van der Waals surface area contributed by atoms with Gasteiger partial charge < -0.3 is 16.4 Å². The molecule has 4 N–H and O–H groups in total. The SMILES string of the molecule is Cc1ccc(C2(C)NC(=O)N(CC(=O)NC3CCC(N)CC3)C2=O)cc1.Cl. The molecule has 0 aromatic heterocycles. The quantitative estimate of drug-likeness (QED) is 0.674. The van der Waals surface area contributed by atoms with Crippen LogP contribution < -0.4 is 16.4 Å². The van der Waals surface area contributed by atoms with Crippen LogP contribution in [0.5, 0.6) is 0 Å². The molecular formula is C19H27ClN4O3. The third-order valence-corrected chi connectivity index (χ3v) is 5.34. The maximum absolute atomic E-state index is 12.8. The fraction of sp³-hybridized carbons (Fsp3) is 0.526. The van der Waals surface area contributed by atoms with E-state index in [0.717, 1.165) is 36.1 Å². The summed E-state index contributed by atoms with van der Waals surface area (Å²) in [5.74, 6) is -0.728. The number of aryl methyl sites for hydroxylation is 1. The number of nitrogens with two attached hydrogens (primary N) is 1. The Labute approximate surface area is 165 Å². The minimum absolute atomic E-state index is 0. The van der Waals surface area contributed by atoms with E-state index in [0.29, 0.717) is 5.56 Å². The van der Waals surface area contributed by atoms with Crippen LogP contribution in [0.25, 0.3) is 0 Å². The zero-order valence-corrected chi connectivity index (χ0v) is 16.5. The van der Waals surface area contributed by atoms with Crippen LogP contribution >= 0.6 is 12.4 Å². The molecule has 1 aromatic rings. The largest absolute Gasteiger partial charge is 0.352 e. The predicted octanol–water partition coefficient (Wildman–Crippen LogP) is 1.57. The van der Waals surface area contributed by atoms with Crippen LogP contribution in [0.2, 0.25) is 0 Å². The maximum atomic E-state index is 12.8. The van der Waals surface area contributed by atoms with E-state index in [4.69, 9.17) is 5.73 Å². The van der Waals surface area contributed by atoms with E-state index in [9.17, 15) is 14.4 Å². The van der Waals surface area contributed by atoms with Crippen molar-refractivity contribution in [1.29, 1.82) is 0 Å². The first-order chi connectivity index (χ1) is 12.3. The number of rotatable bonds is 4. The molecular weight excluding hydrogens is 368 g/mol. The Morgan fingerprint density at radius 3 is 2.41 bits per heavy atom. The zero-order valence-electron chi connectivity index (χ0n) is 15.7. The normalized spacial score (nSPS) is 27.7. The molecule has 148 valence electrons. The highest BCUT2D eigenvalue weighted by molar-refractivity contribution is 6.09. The third-order valence-electron chi connectivity index (χ3n) is 5.34. The van der Waals surface area contributed by atoms with Gasteiger partial charge in [-0.15, -0.1) is 12.4 Å². The molecule has 1 aliphatic carbocycles. The molecule has 1 saturated carbocycles. The highest BCUT2D eigenvalue weighted by atomic mass is 35.5. The van der Waals surface area contributed by atoms with Crippen molar-refractivity contribution in [3.8, 4) is 0 Å². The van der Waals surface area contributed by atoms with E-state index < -0.39 is 17.5 Å². The van der Waals surface area contributed by atoms with E-state index >= 15 is 0 Å². The summed E-state index contributed by atoms with van der Waals surface area (Å²) in [5, 5.41) is 5.64. The Kier molecular flexibility index (Phi) is 6.49. The standard InChI is InChI=1S/C19H26N4O3.ClH/c1-12-3-5-13(6-4-12)19(2)17(25)23(18(26)22-19)11-16(24)21-15-9-7-14(20)8-10-15;/h3-6,14-15H,7-11,20H2,1-2H3,(H,21,24)(H,22,26);1H. The molecule has 2 fully saturated rings. The van der Waals surface area contributed by atoms with Gasteiger partial charge in [0.05, 0.1) is 0 Å². The van der Waals surface area contributed by atoms with Gasteiger partial charge in [-0.1, -0.05) is 29.8 Å². The van der Waals surface area contributed by atoms with Crippen LogP contribution in [0.15, 0.2) is 24.3 Å². The number of imide groups is 1. The Balaban J connectivity index is 0.00000261. The number of nitrogens with zero attached hydrogens (tertiary/aromatic N) is 1. The van der Waals surface area contributed by atoms with Crippen molar-refractivity contribution in [3.05, 3.63) is 35.4 Å². The Morgan fingerprint density at radius 1 is 1.22 bits per heavy atom. The second-order valence-electron chi connectivity index (χ2n) is 7.49. The van der Waals surface area contributed by atoms with Gasteiger partial charge in [0.1, 0.15) is 12.1 Å². The molecule has 1 unspecified atom stereocenters. The zero-order chi connectivity index (χ0) is 18.9. The summed E-state index contributed by atoms with van der Waals surface area (Å²) in [7, 11) is 0. The number of nitrogens with one attached hydrogen (secondary N) is 2. The first-order valence-electron chi connectivity index (χ1n) is 9.06. The summed E-state index contributed by atoms with van der Waals surface area (Å²) < 4.78 is 0. The van der Waals surface area contributed by atoms with Crippen molar-refractivity contribution in [1.82, 2.24) is 15.5 Å². The summed E-state index contributed by atoms with van der Waals surface area (Å²) in [6, 6.07) is 7.14. The van der Waals surface area contributed by atoms with Crippen LogP contribution in [0.3, 0.4) is 0 Å². The number of halogens is 1. The van der Waals surface area contributed by atoms with Crippen molar-refractivity contribution in [2.45, 2.75) is 57.2 Å². The highest BCUT2D eigenvalue weighted by Crippen LogP contribution is 2.29. The molecule has 1 heterocycles. The van der Waals surface area contributed by atoms with Gasteiger partial charge in [-0.25, -0.2) is 4.79 Å². The molecule has 1 atom stereocenters. The van der Waals surface area contributed by atoms with Crippen molar-refractivity contribution >= 4 is 30.3 Å². The number of hydrogen-bond acceptors (Lipinski definition) is 4. The fourth-order valence-electron chi connectivity index (χ4n) is 3.60. The van der Waals surface area contributed by atoms with E-state index in [1.165, 1.54) is 0 Å². The molecule has 0 radical (unpaired) electrons. The lowest BCUT2D eigenvalue weighted by Gasteiger charge is -2.27. The number of benzene rings is 1. The molecule has 0 spiro atoms. The van der Waals surface area contributed by atoms with Gasteiger partial charge in [0, 0.05) is 12.1 Å². The lowest BCUT2D eigenvalue weighted by atomic mass is 9.91. The number of urea groups is 1. The second-order valence-corrected chi connectivity index (χ2v) is 7.49. The van der Waals surface area contributed by atoms with Gasteiger partial charge in [-0.05, 0) is 45.1 Å². The number of amides is 4. The highest BCUT2D eigenvalue weighted by Gasteiger charge is 2.49. The molecule has 4 amide bonds. The summed E-state index contributed by atoms with van der Waals surface area (Å²) in [5.41, 5.74) is 6.49. The Hall–Kier alpha value is -2.12. The summed E-state index contributed by atoms with van der Waals surface area (Å²) >= 11 is 0. The smallest absolute Gasteiger partial charge is 0.325 e. The maximum Gasteiger partial charge on any atom is 0.325 e. The van der Waals surface area contributed by atoms with Crippen LogP contribution in [-0.2, 0) is 15.1 Å². The van der Waals surface area contributed by atoms with E-state index in [1.807, 2.05) is 31.2 Å². The third kappa shape index (κ3) is 4.42. The van der Waals surface area contributed by atoms with Crippen molar-refractivity contribution < 1.29 is 14.4 Å². The van der Waals surface area contributed by atoms with E-state index in [1.54, 1.807) is 6.92 Å². The first-order valence-corrected chi connectivity index (χ1v) is 9.06. The molecule has 1 aliphatic heterocycles. The van der Waals surface area contributed by atoms with Crippen LogP contribution in [0.1, 0.15) is 43.7 Å². The Morgan fingerprint density at radius 2 is 1.81 bits per heavy atom. The predicted molar refractivity (Wildman–Crippen MR) is 104 cm³/mol. The first kappa shape index (κ1) is 21.2. The minimum atomic E-state index is -1.15. The number of hydrogen-bond donors (Lipinski definition) is 3. The molecule has 1 aromatic carbocycles. The second kappa shape index (κ2) is 8.27. The average molecular weight is 395 g/mol. The fourth-order valence-corrected chi connectivity index (χ4v) is 3.60. The van der Waals surface area contributed by atoms with Crippen molar-refractivity contribution in [2.24, 2.45) is 5.73 Å². The van der Waals surface area contributed by atoms with Crippen molar-refractivity contribution in [3.63, 3.8) is 0 Å². The van der Waals surface area contributed by atoms with Gasteiger partial charge in [0.2, 0.25) is 5.91 Å². The van der Waals surface area contributed by atoms with Crippen LogP contribution in [0.4, 0.5) is 4.79 Å². The van der Waals surface area contributed by atoms with Gasteiger partial charge in [0.25, 0.3) is 5.91 Å². The summed E-state index contributed by atoms with van der Waals surface area (Å²) in [4.78, 5) is 38.5. The molecule has 0 bridgehead atoms. The molecule has 7 nitrogen and oxygen atoms in total. The van der Waals surface area contributed by atoms with E-state index in [2.05, 4.69) is 10.6 Å². The minimum Gasteiger partial charge on any atom is -0.352 e. The Bertz CT molecular complexity index is 716. The lowest BCUT2D eigenvalue weighted by molar-refractivity contribution is -0.135. The number of carbonyl (C=O) groups excluding carboxylic acids is 3. The van der Waals surface area contributed by atoms with Crippen LogP contribution in [-0.4, -0.2) is 41.4 Å². The van der Waals surface area contributed by atoms with Gasteiger partial charge in [-0.2, -0.15) is 0 Å². The van der Waals surface area contributed by atoms with E-state index in [-0.39, 0.29) is 36.9 Å². The van der Waals surface area contributed by atoms with Gasteiger partial charge in [0.15, 0.2) is 0 Å². The van der Waals surface area contributed by atoms with Crippen molar-refractivity contribution in [2.75, 3.05) is 6.54 Å². The molecule has 2 aliphatic rings. The summed E-state index contributed by atoms with van der Waals surface area (Å²) in [6.07, 6.45) is 3.40. The van der Waals surface area contributed by atoms with Gasteiger partial charge >= 0.3 is 6.03 Å².